The topological polar surface area (TPSA) is 95.5 Å². The molecule has 29 heavy (non-hydrogen) atoms. The molecule has 2 amide bonds. The molecule has 0 unspecified atom stereocenters. The molecule has 0 fully saturated rings. The number of aliphatic carboxylic acids is 1. The predicted octanol–water partition coefficient (Wildman–Crippen LogP) is 3.79. The minimum atomic E-state index is -1.24. The first-order chi connectivity index (χ1) is 14.0. The number of carbonyl (C=O) groups excluding carboxylic acids is 2. The van der Waals surface area contributed by atoms with Crippen LogP contribution >= 0.6 is 0 Å². The van der Waals surface area contributed by atoms with Crippen LogP contribution in [0.25, 0.3) is 6.08 Å². The van der Waals surface area contributed by atoms with Gasteiger partial charge in [-0.2, -0.15) is 0 Å². The number of carboxylic acids is 1. The molecule has 0 atom stereocenters. The molecule has 144 valence electrons. The minimum Gasteiger partial charge on any atom is -0.477 e. The maximum absolute atomic E-state index is 12.4. The van der Waals surface area contributed by atoms with Crippen LogP contribution in [-0.2, 0) is 4.79 Å². The fourth-order valence-electron chi connectivity index (χ4n) is 2.56. The summed E-state index contributed by atoms with van der Waals surface area (Å²) in [5.74, 6) is -2.06. The number of hydrogen-bond donors (Lipinski definition) is 3. The number of rotatable bonds is 6. The van der Waals surface area contributed by atoms with Crippen LogP contribution in [0.4, 0.5) is 5.69 Å². The van der Waals surface area contributed by atoms with E-state index in [1.807, 2.05) is 12.1 Å². The third kappa shape index (κ3) is 5.40. The highest BCUT2D eigenvalue weighted by Gasteiger charge is 2.14. The Bertz CT molecular complexity index is 1040. The summed E-state index contributed by atoms with van der Waals surface area (Å²) in [6.45, 7) is 0. The van der Waals surface area contributed by atoms with Crippen molar-refractivity contribution in [2.75, 3.05) is 5.32 Å². The monoisotopic (exact) mass is 386 g/mol. The first-order valence-electron chi connectivity index (χ1n) is 8.81. The molecule has 0 spiro atoms. The molecular weight excluding hydrogens is 368 g/mol. The van der Waals surface area contributed by atoms with Crippen LogP contribution in [0, 0.1) is 0 Å². The van der Waals surface area contributed by atoms with Gasteiger partial charge in [0, 0.05) is 16.8 Å². The zero-order valence-electron chi connectivity index (χ0n) is 15.3. The van der Waals surface area contributed by atoms with Gasteiger partial charge in [-0.25, -0.2) is 4.79 Å². The van der Waals surface area contributed by atoms with Crippen molar-refractivity contribution >= 4 is 29.5 Å². The first-order valence-corrected chi connectivity index (χ1v) is 8.81. The van der Waals surface area contributed by atoms with Gasteiger partial charge in [-0.1, -0.05) is 48.5 Å². The molecule has 3 aromatic rings. The number of carboxylic acid groups (broad SMARTS) is 1. The van der Waals surface area contributed by atoms with Crippen molar-refractivity contribution < 1.29 is 19.5 Å². The van der Waals surface area contributed by atoms with Crippen molar-refractivity contribution in [3.05, 3.63) is 107 Å². The quantitative estimate of drug-likeness (QED) is 0.562. The van der Waals surface area contributed by atoms with Crippen LogP contribution in [0.3, 0.4) is 0 Å². The van der Waals surface area contributed by atoms with Gasteiger partial charge >= 0.3 is 5.97 Å². The standard InChI is InChI=1S/C23H18N2O4/c26-21(17-9-5-2-6-10-17)24-19-13-11-18(12-14-19)22(27)25-20(23(28)29)15-16-7-3-1-4-8-16/h1-15H,(H,24,26)(H,25,27)(H,28,29). The van der Waals surface area contributed by atoms with Gasteiger partial charge < -0.3 is 15.7 Å². The van der Waals surface area contributed by atoms with Gasteiger partial charge in [0.05, 0.1) is 0 Å². The molecule has 0 saturated carbocycles. The van der Waals surface area contributed by atoms with Crippen molar-refractivity contribution in [3.8, 4) is 0 Å². The molecule has 6 nitrogen and oxygen atoms in total. The van der Waals surface area contributed by atoms with Crippen molar-refractivity contribution in [2.24, 2.45) is 0 Å². The van der Waals surface area contributed by atoms with Crippen LogP contribution in [0.15, 0.2) is 90.6 Å². The van der Waals surface area contributed by atoms with E-state index in [0.29, 0.717) is 16.8 Å². The Balaban J connectivity index is 1.69. The van der Waals surface area contributed by atoms with Crippen molar-refractivity contribution in [1.82, 2.24) is 5.32 Å². The summed E-state index contributed by atoms with van der Waals surface area (Å²) in [7, 11) is 0. The molecule has 0 aliphatic rings. The molecule has 3 rings (SSSR count). The van der Waals surface area contributed by atoms with Gasteiger partial charge in [0.2, 0.25) is 0 Å². The van der Waals surface area contributed by atoms with E-state index >= 15 is 0 Å². The highest BCUT2D eigenvalue weighted by molar-refractivity contribution is 6.05. The van der Waals surface area contributed by atoms with Crippen molar-refractivity contribution in [1.29, 1.82) is 0 Å². The Morgan fingerprint density at radius 2 is 1.24 bits per heavy atom. The molecule has 0 aromatic heterocycles. The molecule has 6 heteroatoms. The Labute approximate surface area is 167 Å². The highest BCUT2D eigenvalue weighted by atomic mass is 16.4. The lowest BCUT2D eigenvalue weighted by Crippen LogP contribution is -2.27. The summed E-state index contributed by atoms with van der Waals surface area (Å²) >= 11 is 0. The number of amides is 2. The van der Waals surface area contributed by atoms with E-state index in [1.54, 1.807) is 60.7 Å². The normalized spacial score (nSPS) is 10.8. The Hall–Kier alpha value is -4.19. The van der Waals surface area contributed by atoms with Gasteiger partial charge in [-0.05, 0) is 48.0 Å². The summed E-state index contributed by atoms with van der Waals surface area (Å²) in [6, 6.07) is 23.8. The fraction of sp³-hybridized carbons (Fsp3) is 0. The lowest BCUT2D eigenvalue weighted by atomic mass is 10.1. The average molecular weight is 386 g/mol. The van der Waals surface area contributed by atoms with Crippen LogP contribution in [-0.4, -0.2) is 22.9 Å². The molecule has 0 heterocycles. The highest BCUT2D eigenvalue weighted by Crippen LogP contribution is 2.13. The number of carbonyl (C=O) groups is 3. The fourth-order valence-corrected chi connectivity index (χ4v) is 2.56. The van der Waals surface area contributed by atoms with Crippen molar-refractivity contribution in [3.63, 3.8) is 0 Å². The SMILES string of the molecule is O=C(O)C(=Cc1ccccc1)NC(=O)c1ccc(NC(=O)c2ccccc2)cc1. The zero-order valence-corrected chi connectivity index (χ0v) is 15.3. The molecule has 0 radical (unpaired) electrons. The predicted molar refractivity (Wildman–Crippen MR) is 110 cm³/mol. The lowest BCUT2D eigenvalue weighted by molar-refractivity contribution is -0.132. The lowest BCUT2D eigenvalue weighted by Gasteiger charge is -2.08. The Kier molecular flexibility index (Phi) is 6.17. The van der Waals surface area contributed by atoms with Gasteiger partial charge in [0.25, 0.3) is 11.8 Å². The summed E-state index contributed by atoms with van der Waals surface area (Å²) in [6.07, 6.45) is 1.38. The number of anilines is 1. The number of benzene rings is 3. The van der Waals surface area contributed by atoms with Gasteiger partial charge in [0.1, 0.15) is 5.70 Å². The van der Waals surface area contributed by atoms with Gasteiger partial charge in [0.15, 0.2) is 0 Å². The van der Waals surface area contributed by atoms with E-state index < -0.39 is 11.9 Å². The van der Waals surface area contributed by atoms with E-state index in [2.05, 4.69) is 10.6 Å². The molecular formula is C23H18N2O4. The summed E-state index contributed by atoms with van der Waals surface area (Å²) in [5, 5.41) is 14.5. The molecule has 0 bridgehead atoms. The van der Waals surface area contributed by atoms with Crippen LogP contribution < -0.4 is 10.6 Å². The second-order valence-corrected chi connectivity index (χ2v) is 6.13. The second kappa shape index (κ2) is 9.14. The minimum absolute atomic E-state index is 0.234. The summed E-state index contributed by atoms with van der Waals surface area (Å²) in [4.78, 5) is 36.0. The van der Waals surface area contributed by atoms with E-state index in [4.69, 9.17) is 0 Å². The third-order valence-corrected chi connectivity index (χ3v) is 4.03. The first kappa shape index (κ1) is 19.6. The summed E-state index contributed by atoms with van der Waals surface area (Å²) < 4.78 is 0. The van der Waals surface area contributed by atoms with E-state index in [-0.39, 0.29) is 17.2 Å². The molecule has 3 N–H and O–H groups in total. The average Bonchev–Trinajstić information content (AvgIpc) is 2.75. The van der Waals surface area contributed by atoms with Crippen LogP contribution in [0.5, 0.6) is 0 Å². The maximum Gasteiger partial charge on any atom is 0.352 e. The van der Waals surface area contributed by atoms with Gasteiger partial charge in [-0.15, -0.1) is 0 Å². The van der Waals surface area contributed by atoms with Crippen molar-refractivity contribution in [2.45, 2.75) is 0 Å². The Morgan fingerprint density at radius 3 is 1.83 bits per heavy atom. The number of nitrogens with one attached hydrogen (secondary N) is 2. The van der Waals surface area contributed by atoms with Crippen LogP contribution in [0.2, 0.25) is 0 Å². The molecule has 0 saturated heterocycles. The van der Waals surface area contributed by atoms with Crippen LogP contribution in [0.1, 0.15) is 26.3 Å². The third-order valence-electron chi connectivity index (χ3n) is 4.03. The van der Waals surface area contributed by atoms with E-state index in [1.165, 1.54) is 18.2 Å². The van der Waals surface area contributed by atoms with Gasteiger partial charge in [-0.3, -0.25) is 9.59 Å². The molecule has 0 aliphatic carbocycles. The van der Waals surface area contributed by atoms with E-state index in [0.717, 1.165) is 0 Å². The largest absolute Gasteiger partial charge is 0.477 e. The second-order valence-electron chi connectivity index (χ2n) is 6.13. The number of hydrogen-bond acceptors (Lipinski definition) is 3. The summed E-state index contributed by atoms with van der Waals surface area (Å²) in [5.41, 5.74) is 1.73. The molecule has 3 aromatic carbocycles. The zero-order chi connectivity index (χ0) is 20.6. The Morgan fingerprint density at radius 1 is 0.690 bits per heavy atom. The molecule has 0 aliphatic heterocycles. The maximum atomic E-state index is 12.4. The van der Waals surface area contributed by atoms with E-state index in [9.17, 15) is 19.5 Å². The smallest absolute Gasteiger partial charge is 0.352 e.